The Morgan fingerprint density at radius 3 is 2.17 bits per heavy atom. The Morgan fingerprint density at radius 2 is 1.52 bits per heavy atom. The molecule has 0 saturated heterocycles. The van der Waals surface area contributed by atoms with Crippen molar-refractivity contribution < 1.29 is 4.74 Å². The maximum absolute atomic E-state index is 5.99. The van der Waals surface area contributed by atoms with Crippen molar-refractivity contribution in [3.05, 3.63) is 53.6 Å². The molecule has 0 aromatic heterocycles. The lowest BCUT2D eigenvalue weighted by Gasteiger charge is -2.12. The number of nitrogens with one attached hydrogen (secondary N) is 1. The number of unbranched alkanes of at least 4 members (excludes halogenated alkanes) is 2. The van der Waals surface area contributed by atoms with Gasteiger partial charge in [-0.3, -0.25) is 5.84 Å². The number of anilines is 1. The molecule has 0 unspecified atom stereocenters. The largest absolute Gasteiger partial charge is 0.457 e. The van der Waals surface area contributed by atoms with Crippen molar-refractivity contribution in [2.24, 2.45) is 5.84 Å². The van der Waals surface area contributed by atoms with Gasteiger partial charge in [-0.15, -0.1) is 0 Å². The van der Waals surface area contributed by atoms with Crippen LogP contribution in [0.2, 0.25) is 0 Å². The zero-order valence-corrected chi connectivity index (χ0v) is 14.3. The molecule has 0 heterocycles. The summed E-state index contributed by atoms with van der Waals surface area (Å²) in [6.07, 6.45) is 6.89. The number of hydrogen-bond donors (Lipinski definition) is 2. The van der Waals surface area contributed by atoms with E-state index >= 15 is 0 Å². The van der Waals surface area contributed by atoms with Gasteiger partial charge in [0, 0.05) is 0 Å². The Kier molecular flexibility index (Phi) is 6.95. The lowest BCUT2D eigenvalue weighted by molar-refractivity contribution is 0.481. The van der Waals surface area contributed by atoms with Crippen molar-refractivity contribution >= 4 is 5.69 Å². The maximum atomic E-state index is 5.99. The lowest BCUT2D eigenvalue weighted by atomic mass is 10.1. The summed E-state index contributed by atoms with van der Waals surface area (Å²) in [5, 5.41) is 0. The Hall–Kier alpha value is -2.00. The van der Waals surface area contributed by atoms with Gasteiger partial charge in [0.25, 0.3) is 0 Å². The second kappa shape index (κ2) is 9.21. The van der Waals surface area contributed by atoms with Crippen LogP contribution in [-0.2, 0) is 12.8 Å². The van der Waals surface area contributed by atoms with E-state index in [1.807, 2.05) is 24.3 Å². The monoisotopic (exact) mass is 312 g/mol. The molecule has 2 aromatic carbocycles. The SMILES string of the molecule is CCCCc1ccc(Oc2ccc(NN)c(CCCC)c2)cc1. The van der Waals surface area contributed by atoms with Gasteiger partial charge in [-0.1, -0.05) is 38.8 Å². The van der Waals surface area contributed by atoms with Crippen LogP contribution in [0.3, 0.4) is 0 Å². The van der Waals surface area contributed by atoms with Crippen LogP contribution in [0, 0.1) is 0 Å². The third-order valence-corrected chi connectivity index (χ3v) is 4.01. The number of rotatable bonds is 9. The summed E-state index contributed by atoms with van der Waals surface area (Å²) in [5.41, 5.74) is 6.31. The number of hydrazine groups is 1. The average Bonchev–Trinajstić information content (AvgIpc) is 2.59. The van der Waals surface area contributed by atoms with E-state index in [-0.39, 0.29) is 0 Å². The first-order chi connectivity index (χ1) is 11.3. The van der Waals surface area contributed by atoms with Crippen molar-refractivity contribution in [3.8, 4) is 11.5 Å². The molecule has 2 aromatic rings. The van der Waals surface area contributed by atoms with E-state index in [1.54, 1.807) is 0 Å². The van der Waals surface area contributed by atoms with Crippen LogP contribution in [0.4, 0.5) is 5.69 Å². The summed E-state index contributed by atoms with van der Waals surface area (Å²) >= 11 is 0. The topological polar surface area (TPSA) is 47.3 Å². The van der Waals surface area contributed by atoms with Gasteiger partial charge in [0.2, 0.25) is 0 Å². The second-order valence-electron chi connectivity index (χ2n) is 5.92. The van der Waals surface area contributed by atoms with Crippen LogP contribution in [0.1, 0.15) is 50.7 Å². The molecular formula is C20H28N2O. The Balaban J connectivity index is 2.06. The van der Waals surface area contributed by atoms with E-state index in [9.17, 15) is 0 Å². The molecule has 0 aliphatic heterocycles. The summed E-state index contributed by atoms with van der Waals surface area (Å²) in [6, 6.07) is 14.4. The first kappa shape index (κ1) is 17.4. The van der Waals surface area contributed by atoms with Crippen molar-refractivity contribution in [1.82, 2.24) is 0 Å². The van der Waals surface area contributed by atoms with Crippen LogP contribution in [0.5, 0.6) is 11.5 Å². The zero-order valence-electron chi connectivity index (χ0n) is 14.3. The average molecular weight is 312 g/mol. The van der Waals surface area contributed by atoms with Crippen LogP contribution in [0.25, 0.3) is 0 Å². The molecule has 0 saturated carbocycles. The highest BCUT2D eigenvalue weighted by molar-refractivity contribution is 5.54. The van der Waals surface area contributed by atoms with E-state index in [1.165, 1.54) is 24.0 Å². The molecule has 3 heteroatoms. The second-order valence-corrected chi connectivity index (χ2v) is 5.92. The standard InChI is InChI=1S/C20H28N2O/c1-3-5-7-16-9-11-18(12-10-16)23-19-13-14-20(22-21)17(15-19)8-6-4-2/h9-15,22H,3-8,21H2,1-2H3. The lowest BCUT2D eigenvalue weighted by Crippen LogP contribution is -2.09. The highest BCUT2D eigenvalue weighted by atomic mass is 16.5. The Bertz CT molecular complexity index is 593. The van der Waals surface area contributed by atoms with Crippen LogP contribution in [-0.4, -0.2) is 0 Å². The van der Waals surface area contributed by atoms with Crippen molar-refractivity contribution in [2.75, 3.05) is 5.43 Å². The maximum Gasteiger partial charge on any atom is 0.127 e. The van der Waals surface area contributed by atoms with E-state index in [2.05, 4.69) is 37.5 Å². The molecule has 2 rings (SSSR count). The number of nitrogens with two attached hydrogens (primary N) is 1. The molecule has 0 bridgehead atoms. The third-order valence-electron chi connectivity index (χ3n) is 4.01. The van der Waals surface area contributed by atoms with E-state index in [0.717, 1.165) is 42.9 Å². The smallest absolute Gasteiger partial charge is 0.127 e. The molecule has 0 radical (unpaired) electrons. The van der Waals surface area contributed by atoms with Crippen molar-refractivity contribution in [1.29, 1.82) is 0 Å². The normalized spacial score (nSPS) is 10.6. The minimum Gasteiger partial charge on any atom is -0.457 e. The predicted molar refractivity (Wildman–Crippen MR) is 98.0 cm³/mol. The first-order valence-corrected chi connectivity index (χ1v) is 8.63. The van der Waals surface area contributed by atoms with Gasteiger partial charge >= 0.3 is 0 Å². The van der Waals surface area contributed by atoms with Gasteiger partial charge in [0.15, 0.2) is 0 Å². The number of ether oxygens (including phenoxy) is 1. The Labute approximate surface area is 139 Å². The number of aryl methyl sites for hydroxylation is 2. The summed E-state index contributed by atoms with van der Waals surface area (Å²) in [4.78, 5) is 0. The van der Waals surface area contributed by atoms with Gasteiger partial charge in [-0.05, 0) is 67.1 Å². The van der Waals surface area contributed by atoms with Crippen molar-refractivity contribution in [2.45, 2.75) is 52.4 Å². The van der Waals surface area contributed by atoms with E-state index < -0.39 is 0 Å². The fourth-order valence-electron chi connectivity index (χ4n) is 2.59. The molecule has 23 heavy (non-hydrogen) atoms. The highest BCUT2D eigenvalue weighted by Gasteiger charge is 2.05. The molecule has 0 aliphatic carbocycles. The molecule has 3 N–H and O–H groups in total. The minimum absolute atomic E-state index is 0.858. The molecule has 0 spiro atoms. The van der Waals surface area contributed by atoms with Crippen molar-refractivity contribution in [3.63, 3.8) is 0 Å². The van der Waals surface area contributed by atoms with Gasteiger partial charge in [0.05, 0.1) is 5.69 Å². The molecule has 0 fully saturated rings. The quantitative estimate of drug-likeness (QED) is 0.478. The van der Waals surface area contributed by atoms with Gasteiger partial charge in [0.1, 0.15) is 11.5 Å². The summed E-state index contributed by atoms with van der Waals surface area (Å²) in [7, 11) is 0. The fourth-order valence-corrected chi connectivity index (χ4v) is 2.59. The molecule has 3 nitrogen and oxygen atoms in total. The first-order valence-electron chi connectivity index (χ1n) is 8.63. The number of nitrogen functional groups attached to an aromatic ring is 1. The van der Waals surface area contributed by atoms with E-state index in [0.29, 0.717) is 0 Å². The van der Waals surface area contributed by atoms with Crippen LogP contribution >= 0.6 is 0 Å². The summed E-state index contributed by atoms with van der Waals surface area (Å²) < 4.78 is 5.99. The molecule has 0 aliphatic rings. The minimum atomic E-state index is 0.858. The van der Waals surface area contributed by atoms with Gasteiger partial charge in [-0.25, -0.2) is 0 Å². The fraction of sp³-hybridized carbons (Fsp3) is 0.400. The van der Waals surface area contributed by atoms with Crippen LogP contribution in [0.15, 0.2) is 42.5 Å². The van der Waals surface area contributed by atoms with Gasteiger partial charge < -0.3 is 10.2 Å². The van der Waals surface area contributed by atoms with E-state index in [4.69, 9.17) is 10.6 Å². The predicted octanol–water partition coefficient (Wildman–Crippen LogP) is 5.45. The van der Waals surface area contributed by atoms with Gasteiger partial charge in [-0.2, -0.15) is 0 Å². The third kappa shape index (κ3) is 5.29. The molecular weight excluding hydrogens is 284 g/mol. The summed E-state index contributed by atoms with van der Waals surface area (Å²) in [6.45, 7) is 4.41. The summed E-state index contributed by atoms with van der Waals surface area (Å²) in [5.74, 6) is 7.32. The van der Waals surface area contributed by atoms with Crippen LogP contribution < -0.4 is 16.0 Å². The highest BCUT2D eigenvalue weighted by Crippen LogP contribution is 2.27. The molecule has 0 atom stereocenters. The number of benzene rings is 2. The zero-order chi connectivity index (χ0) is 16.5. The molecule has 0 amide bonds. The molecule has 124 valence electrons. The number of hydrogen-bond acceptors (Lipinski definition) is 3. The Morgan fingerprint density at radius 1 is 0.870 bits per heavy atom.